The van der Waals surface area contributed by atoms with Crippen molar-refractivity contribution >= 4 is 5.57 Å². The maximum Gasteiger partial charge on any atom is 0.154 e. The van der Waals surface area contributed by atoms with Crippen molar-refractivity contribution in [3.8, 4) is 0 Å². The van der Waals surface area contributed by atoms with Gasteiger partial charge in [-0.1, -0.05) is 6.58 Å². The number of rotatable bonds is 3. The van der Waals surface area contributed by atoms with Gasteiger partial charge in [0.1, 0.15) is 0 Å². The lowest BCUT2D eigenvalue weighted by Crippen LogP contribution is -2.01. The molecule has 0 fully saturated rings. The van der Waals surface area contributed by atoms with E-state index in [0.29, 0.717) is 12.4 Å². The Hall–Kier alpha value is -1.22. The Bertz CT molecular complexity index is 230. The van der Waals surface area contributed by atoms with Crippen molar-refractivity contribution < 1.29 is 0 Å². The average molecular weight is 149 g/mol. The minimum absolute atomic E-state index is 0.594. The smallest absolute Gasteiger partial charge is 0.154 e. The van der Waals surface area contributed by atoms with E-state index in [0.717, 1.165) is 12.0 Å². The van der Waals surface area contributed by atoms with Gasteiger partial charge in [0.25, 0.3) is 0 Å². The summed E-state index contributed by atoms with van der Waals surface area (Å²) in [7, 11) is 0. The largest absolute Gasteiger partial charge is 0.330 e. The molecular formula is C8H11N3. The number of hydrogen-bond donors (Lipinski definition) is 1. The molecule has 0 saturated carbocycles. The van der Waals surface area contributed by atoms with Crippen LogP contribution in [0.15, 0.2) is 25.0 Å². The van der Waals surface area contributed by atoms with Crippen LogP contribution in [0.4, 0.5) is 0 Å². The van der Waals surface area contributed by atoms with E-state index in [4.69, 9.17) is 5.73 Å². The van der Waals surface area contributed by atoms with Crippen LogP contribution in [0, 0.1) is 0 Å². The van der Waals surface area contributed by atoms with Crippen molar-refractivity contribution in [2.45, 2.75) is 6.42 Å². The van der Waals surface area contributed by atoms with E-state index in [1.54, 1.807) is 18.5 Å². The second-order valence-corrected chi connectivity index (χ2v) is 2.21. The summed E-state index contributed by atoms with van der Waals surface area (Å²) in [6.07, 6.45) is 4.15. The van der Waals surface area contributed by atoms with Crippen molar-refractivity contribution in [2.75, 3.05) is 6.54 Å². The molecule has 1 heterocycles. The summed E-state index contributed by atoms with van der Waals surface area (Å²) in [4.78, 5) is 8.06. The first-order valence-corrected chi connectivity index (χ1v) is 3.50. The zero-order valence-electron chi connectivity index (χ0n) is 6.33. The molecule has 11 heavy (non-hydrogen) atoms. The maximum atomic E-state index is 5.35. The van der Waals surface area contributed by atoms with Gasteiger partial charge in [-0.2, -0.15) is 0 Å². The topological polar surface area (TPSA) is 51.8 Å². The third kappa shape index (κ3) is 2.13. The number of aromatic nitrogens is 2. The number of nitrogens with zero attached hydrogens (tertiary/aromatic N) is 2. The van der Waals surface area contributed by atoms with Gasteiger partial charge in [0.05, 0.1) is 0 Å². The zero-order valence-corrected chi connectivity index (χ0v) is 6.33. The molecule has 3 nitrogen and oxygen atoms in total. The molecule has 0 bridgehead atoms. The monoisotopic (exact) mass is 149 g/mol. The summed E-state index contributed by atoms with van der Waals surface area (Å²) in [6, 6.07) is 1.78. The SMILES string of the molecule is C=C(CCN)c1ncccn1. The Morgan fingerprint density at radius 2 is 2.09 bits per heavy atom. The van der Waals surface area contributed by atoms with Gasteiger partial charge in [0.15, 0.2) is 5.82 Å². The lowest BCUT2D eigenvalue weighted by Gasteiger charge is -1.99. The van der Waals surface area contributed by atoms with Gasteiger partial charge in [-0.05, 0) is 24.6 Å². The fourth-order valence-corrected chi connectivity index (χ4v) is 0.768. The molecule has 0 saturated heterocycles. The van der Waals surface area contributed by atoms with Gasteiger partial charge in [-0.25, -0.2) is 9.97 Å². The third-order valence-electron chi connectivity index (χ3n) is 1.33. The van der Waals surface area contributed by atoms with Crippen molar-refractivity contribution in [3.63, 3.8) is 0 Å². The number of hydrogen-bond acceptors (Lipinski definition) is 3. The molecular weight excluding hydrogens is 138 g/mol. The van der Waals surface area contributed by atoms with E-state index in [1.807, 2.05) is 0 Å². The fourth-order valence-electron chi connectivity index (χ4n) is 0.768. The molecule has 0 aliphatic carbocycles. The van der Waals surface area contributed by atoms with Gasteiger partial charge in [-0.3, -0.25) is 0 Å². The zero-order chi connectivity index (χ0) is 8.10. The summed E-state index contributed by atoms with van der Waals surface area (Å²) in [6.45, 7) is 4.40. The highest BCUT2D eigenvalue weighted by atomic mass is 14.9. The molecule has 1 aromatic rings. The van der Waals surface area contributed by atoms with Crippen LogP contribution >= 0.6 is 0 Å². The predicted molar refractivity (Wildman–Crippen MR) is 44.7 cm³/mol. The summed E-state index contributed by atoms with van der Waals surface area (Å²) in [5.74, 6) is 0.693. The highest BCUT2D eigenvalue weighted by Gasteiger charge is 1.97. The van der Waals surface area contributed by atoms with Crippen LogP contribution in [0.5, 0.6) is 0 Å². The minimum Gasteiger partial charge on any atom is -0.330 e. The molecule has 0 aliphatic heterocycles. The molecule has 1 rings (SSSR count). The quantitative estimate of drug-likeness (QED) is 0.692. The van der Waals surface area contributed by atoms with Crippen LogP contribution in [-0.2, 0) is 0 Å². The second kappa shape index (κ2) is 3.83. The van der Waals surface area contributed by atoms with Gasteiger partial charge in [0.2, 0.25) is 0 Å². The van der Waals surface area contributed by atoms with Crippen molar-refractivity contribution in [1.82, 2.24) is 9.97 Å². The van der Waals surface area contributed by atoms with Crippen LogP contribution in [0.2, 0.25) is 0 Å². The van der Waals surface area contributed by atoms with Crippen molar-refractivity contribution in [3.05, 3.63) is 30.9 Å². The maximum absolute atomic E-state index is 5.35. The van der Waals surface area contributed by atoms with Gasteiger partial charge < -0.3 is 5.73 Å². The van der Waals surface area contributed by atoms with E-state index < -0.39 is 0 Å². The molecule has 3 heteroatoms. The first kappa shape index (κ1) is 7.88. The van der Waals surface area contributed by atoms with Crippen molar-refractivity contribution in [2.24, 2.45) is 5.73 Å². The summed E-state index contributed by atoms with van der Waals surface area (Å²) >= 11 is 0. The molecule has 0 radical (unpaired) electrons. The summed E-state index contributed by atoms with van der Waals surface area (Å²) in [5, 5.41) is 0. The Morgan fingerprint density at radius 1 is 1.45 bits per heavy atom. The van der Waals surface area contributed by atoms with E-state index in [9.17, 15) is 0 Å². The summed E-state index contributed by atoms with van der Waals surface area (Å²) in [5.41, 5.74) is 6.25. The molecule has 0 aliphatic rings. The Kier molecular flexibility index (Phi) is 2.74. The van der Waals surface area contributed by atoms with E-state index in [1.165, 1.54) is 0 Å². The van der Waals surface area contributed by atoms with Crippen molar-refractivity contribution in [1.29, 1.82) is 0 Å². The third-order valence-corrected chi connectivity index (χ3v) is 1.33. The van der Waals surface area contributed by atoms with Crippen LogP contribution in [0.3, 0.4) is 0 Å². The average Bonchev–Trinajstić information content (AvgIpc) is 2.07. The van der Waals surface area contributed by atoms with Crippen LogP contribution in [-0.4, -0.2) is 16.5 Å². The predicted octanol–water partition coefficient (Wildman–Crippen LogP) is 0.839. The van der Waals surface area contributed by atoms with E-state index in [2.05, 4.69) is 16.5 Å². The Morgan fingerprint density at radius 3 is 2.64 bits per heavy atom. The first-order valence-electron chi connectivity index (χ1n) is 3.50. The van der Waals surface area contributed by atoms with Crippen LogP contribution in [0.25, 0.3) is 5.57 Å². The lowest BCUT2D eigenvalue weighted by atomic mass is 10.2. The lowest BCUT2D eigenvalue weighted by molar-refractivity contribution is 0.991. The molecule has 0 aromatic carbocycles. The fraction of sp³-hybridized carbons (Fsp3) is 0.250. The standard InChI is InChI=1S/C8H11N3/c1-7(3-4-9)8-10-5-2-6-11-8/h2,5-6H,1,3-4,9H2. The van der Waals surface area contributed by atoms with Gasteiger partial charge in [-0.15, -0.1) is 0 Å². The van der Waals surface area contributed by atoms with Gasteiger partial charge >= 0.3 is 0 Å². The Balaban J connectivity index is 2.69. The second-order valence-electron chi connectivity index (χ2n) is 2.21. The normalized spacial score (nSPS) is 9.55. The first-order chi connectivity index (χ1) is 5.34. The molecule has 0 spiro atoms. The highest BCUT2D eigenvalue weighted by molar-refractivity contribution is 5.56. The summed E-state index contributed by atoms with van der Waals surface area (Å²) < 4.78 is 0. The molecule has 0 unspecified atom stereocenters. The van der Waals surface area contributed by atoms with Crippen LogP contribution in [0.1, 0.15) is 12.2 Å². The van der Waals surface area contributed by atoms with Crippen LogP contribution < -0.4 is 5.73 Å². The highest BCUT2D eigenvalue weighted by Crippen LogP contribution is 2.07. The minimum atomic E-state index is 0.594. The Labute approximate surface area is 66.0 Å². The van der Waals surface area contributed by atoms with Gasteiger partial charge in [0, 0.05) is 12.4 Å². The molecule has 2 N–H and O–H groups in total. The molecule has 0 amide bonds. The molecule has 58 valence electrons. The number of nitrogens with two attached hydrogens (primary N) is 1. The molecule has 0 atom stereocenters. The van der Waals surface area contributed by atoms with E-state index >= 15 is 0 Å². The van der Waals surface area contributed by atoms with E-state index in [-0.39, 0.29) is 0 Å². The molecule has 1 aromatic heterocycles.